The van der Waals surface area contributed by atoms with E-state index in [0.717, 1.165) is 0 Å². The molecule has 1 heterocycles. The number of benzene rings is 2. The molecule has 1 amide bonds. The number of hydrogen-bond donors (Lipinski definition) is 2. The molecule has 0 fully saturated rings. The van der Waals surface area contributed by atoms with Crippen LogP contribution in [0.15, 0.2) is 47.8 Å². The molecule has 0 unspecified atom stereocenters. The van der Waals surface area contributed by atoms with Crippen LogP contribution in [0.5, 0.6) is 17.2 Å². The Hall–Kier alpha value is -3.40. The van der Waals surface area contributed by atoms with E-state index in [-0.39, 0.29) is 11.4 Å². The molecule has 0 saturated carbocycles. The van der Waals surface area contributed by atoms with Gasteiger partial charge in [-0.3, -0.25) is 4.79 Å². The zero-order valence-electron chi connectivity index (χ0n) is 15.4. The van der Waals surface area contributed by atoms with Gasteiger partial charge in [-0.1, -0.05) is 0 Å². The van der Waals surface area contributed by atoms with Gasteiger partial charge >= 0.3 is 6.61 Å². The molecule has 0 aliphatic carbocycles. The molecule has 29 heavy (non-hydrogen) atoms. The van der Waals surface area contributed by atoms with Gasteiger partial charge in [0.15, 0.2) is 5.13 Å². The second kappa shape index (κ2) is 9.20. The molecule has 0 radical (unpaired) electrons. The molecule has 152 valence electrons. The van der Waals surface area contributed by atoms with Crippen molar-refractivity contribution in [1.82, 2.24) is 4.98 Å². The van der Waals surface area contributed by atoms with Gasteiger partial charge in [0.2, 0.25) is 0 Å². The van der Waals surface area contributed by atoms with E-state index in [2.05, 4.69) is 20.4 Å². The van der Waals surface area contributed by atoms with Gasteiger partial charge in [-0.15, -0.1) is 11.3 Å². The Bertz CT molecular complexity index is 980. The molecule has 10 heteroatoms. The first-order valence-corrected chi connectivity index (χ1v) is 9.17. The average molecular weight is 421 g/mol. The maximum Gasteiger partial charge on any atom is 0.387 e. The third kappa shape index (κ3) is 5.32. The summed E-state index contributed by atoms with van der Waals surface area (Å²) in [6, 6.07) is 11.0. The Labute approximate surface area is 169 Å². The van der Waals surface area contributed by atoms with E-state index >= 15 is 0 Å². The summed E-state index contributed by atoms with van der Waals surface area (Å²) >= 11 is 1.23. The van der Waals surface area contributed by atoms with Crippen LogP contribution in [0.3, 0.4) is 0 Å². The lowest BCUT2D eigenvalue weighted by atomic mass is 10.2. The average Bonchev–Trinajstić information content (AvgIpc) is 3.18. The molecule has 7 nitrogen and oxygen atoms in total. The molecular weight excluding hydrogens is 404 g/mol. The van der Waals surface area contributed by atoms with Gasteiger partial charge in [0.1, 0.15) is 22.9 Å². The topological polar surface area (TPSA) is 81.7 Å². The summed E-state index contributed by atoms with van der Waals surface area (Å²) in [7, 11) is 3.03. The largest absolute Gasteiger partial charge is 0.497 e. The smallest absolute Gasteiger partial charge is 0.387 e. The van der Waals surface area contributed by atoms with Crippen molar-refractivity contribution >= 4 is 33.8 Å². The molecule has 0 bridgehead atoms. The standard InChI is InChI=1S/C19H17F2N3O4S/c1-26-13-7-8-14(16(9-13)27-2)23-17(25)15-10-29-19(24-15)22-11-3-5-12(6-4-11)28-18(20)21/h3-10,18H,1-2H3,(H,22,24)(H,23,25). The minimum atomic E-state index is -2.88. The summed E-state index contributed by atoms with van der Waals surface area (Å²) < 4.78 is 39.1. The SMILES string of the molecule is COc1ccc(NC(=O)c2csc(Nc3ccc(OC(F)F)cc3)n2)c(OC)c1. The van der Waals surface area contributed by atoms with Crippen molar-refractivity contribution in [3.05, 3.63) is 53.5 Å². The molecule has 0 aliphatic heterocycles. The normalized spacial score (nSPS) is 10.5. The number of halogens is 2. The fourth-order valence-electron chi connectivity index (χ4n) is 2.37. The van der Waals surface area contributed by atoms with E-state index in [1.807, 2.05) is 0 Å². The molecule has 0 spiro atoms. The summed E-state index contributed by atoms with van der Waals surface area (Å²) in [6.07, 6.45) is 0. The lowest BCUT2D eigenvalue weighted by Gasteiger charge is -2.10. The van der Waals surface area contributed by atoms with E-state index in [0.29, 0.717) is 28.0 Å². The van der Waals surface area contributed by atoms with Crippen LogP contribution in [0.4, 0.5) is 25.3 Å². The van der Waals surface area contributed by atoms with E-state index in [9.17, 15) is 13.6 Å². The Balaban J connectivity index is 1.66. The minimum absolute atomic E-state index is 0.0539. The number of carbonyl (C=O) groups is 1. The van der Waals surface area contributed by atoms with Crippen molar-refractivity contribution in [3.8, 4) is 17.2 Å². The predicted molar refractivity (Wildman–Crippen MR) is 106 cm³/mol. The fourth-order valence-corrected chi connectivity index (χ4v) is 3.08. The highest BCUT2D eigenvalue weighted by Gasteiger charge is 2.14. The third-order valence-electron chi connectivity index (χ3n) is 3.72. The number of anilines is 3. The van der Waals surface area contributed by atoms with Crippen LogP contribution < -0.4 is 24.8 Å². The maximum atomic E-state index is 12.5. The lowest BCUT2D eigenvalue weighted by Crippen LogP contribution is -2.13. The van der Waals surface area contributed by atoms with Crippen LogP contribution in [0.25, 0.3) is 0 Å². The van der Waals surface area contributed by atoms with E-state index < -0.39 is 12.5 Å². The lowest BCUT2D eigenvalue weighted by molar-refractivity contribution is -0.0498. The molecular formula is C19H17F2N3O4S. The highest BCUT2D eigenvalue weighted by atomic mass is 32.1. The quantitative estimate of drug-likeness (QED) is 0.546. The Morgan fingerprint density at radius 2 is 1.79 bits per heavy atom. The molecule has 3 rings (SSSR count). The Morgan fingerprint density at radius 1 is 1.07 bits per heavy atom. The van der Waals surface area contributed by atoms with Gasteiger partial charge in [-0.05, 0) is 36.4 Å². The van der Waals surface area contributed by atoms with Crippen molar-refractivity contribution in [3.63, 3.8) is 0 Å². The zero-order chi connectivity index (χ0) is 20.8. The first-order chi connectivity index (χ1) is 14.0. The van der Waals surface area contributed by atoms with Crippen molar-refractivity contribution in [2.24, 2.45) is 0 Å². The minimum Gasteiger partial charge on any atom is -0.497 e. The summed E-state index contributed by atoms with van der Waals surface area (Å²) in [5.41, 5.74) is 1.31. The van der Waals surface area contributed by atoms with Gasteiger partial charge in [-0.2, -0.15) is 8.78 Å². The summed E-state index contributed by atoms with van der Waals surface area (Å²) in [5, 5.41) is 7.82. The van der Waals surface area contributed by atoms with Gasteiger partial charge in [-0.25, -0.2) is 4.98 Å². The number of aromatic nitrogens is 1. The van der Waals surface area contributed by atoms with E-state index in [1.54, 1.807) is 35.7 Å². The Kier molecular flexibility index (Phi) is 6.45. The third-order valence-corrected chi connectivity index (χ3v) is 4.48. The molecule has 1 aromatic heterocycles. The molecule has 3 aromatic rings. The number of nitrogens with zero attached hydrogens (tertiary/aromatic N) is 1. The number of thiazole rings is 1. The van der Waals surface area contributed by atoms with Crippen LogP contribution in [-0.4, -0.2) is 31.7 Å². The number of hydrogen-bond acceptors (Lipinski definition) is 7. The number of ether oxygens (including phenoxy) is 3. The molecule has 0 saturated heterocycles. The van der Waals surface area contributed by atoms with Crippen LogP contribution in [0.1, 0.15) is 10.5 Å². The highest BCUT2D eigenvalue weighted by molar-refractivity contribution is 7.14. The van der Waals surface area contributed by atoms with Crippen molar-refractivity contribution in [2.75, 3.05) is 24.9 Å². The van der Waals surface area contributed by atoms with Crippen LogP contribution >= 0.6 is 11.3 Å². The molecule has 2 N–H and O–H groups in total. The summed E-state index contributed by atoms with van der Waals surface area (Å²) in [6.45, 7) is -2.88. The van der Waals surface area contributed by atoms with Crippen LogP contribution in [0.2, 0.25) is 0 Å². The monoisotopic (exact) mass is 421 g/mol. The predicted octanol–water partition coefficient (Wildman–Crippen LogP) is 4.76. The second-order valence-electron chi connectivity index (χ2n) is 5.59. The number of amides is 1. The van der Waals surface area contributed by atoms with Crippen molar-refractivity contribution in [2.45, 2.75) is 6.61 Å². The van der Waals surface area contributed by atoms with Gasteiger partial charge in [0.25, 0.3) is 5.91 Å². The number of methoxy groups -OCH3 is 2. The highest BCUT2D eigenvalue weighted by Crippen LogP contribution is 2.30. The first-order valence-electron chi connectivity index (χ1n) is 8.29. The number of alkyl halides is 2. The van der Waals surface area contributed by atoms with Crippen LogP contribution in [-0.2, 0) is 0 Å². The van der Waals surface area contributed by atoms with E-state index in [1.165, 1.54) is 37.7 Å². The van der Waals surface area contributed by atoms with Gasteiger partial charge in [0.05, 0.1) is 19.9 Å². The fraction of sp³-hybridized carbons (Fsp3) is 0.158. The number of nitrogens with one attached hydrogen (secondary N) is 2. The van der Waals surface area contributed by atoms with Crippen molar-refractivity contribution < 1.29 is 27.8 Å². The molecule has 0 aliphatic rings. The second-order valence-corrected chi connectivity index (χ2v) is 6.44. The van der Waals surface area contributed by atoms with Gasteiger partial charge in [0, 0.05) is 17.1 Å². The summed E-state index contributed by atoms with van der Waals surface area (Å²) in [5.74, 6) is 0.707. The van der Waals surface area contributed by atoms with Gasteiger partial charge < -0.3 is 24.8 Å². The Morgan fingerprint density at radius 3 is 2.45 bits per heavy atom. The molecule has 2 aromatic carbocycles. The maximum absolute atomic E-state index is 12.5. The summed E-state index contributed by atoms with van der Waals surface area (Å²) in [4.78, 5) is 16.7. The van der Waals surface area contributed by atoms with Crippen molar-refractivity contribution in [1.29, 1.82) is 0 Å². The number of carbonyl (C=O) groups excluding carboxylic acids is 1. The zero-order valence-corrected chi connectivity index (χ0v) is 16.3. The van der Waals surface area contributed by atoms with E-state index in [4.69, 9.17) is 9.47 Å². The first kappa shape index (κ1) is 20.3. The van der Waals surface area contributed by atoms with Crippen LogP contribution in [0, 0.1) is 0 Å². The number of rotatable bonds is 8. The molecule has 0 atom stereocenters.